The highest BCUT2D eigenvalue weighted by molar-refractivity contribution is 5.80. The van der Waals surface area contributed by atoms with Crippen molar-refractivity contribution < 1.29 is 14.3 Å². The Hall–Kier alpha value is -2.38. The molecule has 0 radical (unpaired) electrons. The molecule has 1 aromatic carbocycles. The first kappa shape index (κ1) is 18.0. The highest BCUT2D eigenvalue weighted by Gasteiger charge is 2.39. The van der Waals surface area contributed by atoms with Crippen LogP contribution < -0.4 is 10.3 Å². The first-order valence-electron chi connectivity index (χ1n) is 9.43. The van der Waals surface area contributed by atoms with Crippen LogP contribution in [-0.4, -0.2) is 66.2 Å². The summed E-state index contributed by atoms with van der Waals surface area (Å²) in [7, 11) is 1.84. The second-order valence-corrected chi connectivity index (χ2v) is 7.23. The third kappa shape index (κ3) is 3.57. The largest absolute Gasteiger partial charge is 0.494 e. The second-order valence-electron chi connectivity index (χ2n) is 7.23. The average molecular weight is 371 g/mol. The minimum absolute atomic E-state index is 0.00513. The first-order valence-corrected chi connectivity index (χ1v) is 9.43. The van der Waals surface area contributed by atoms with E-state index < -0.39 is 0 Å². The number of nitrogens with zero attached hydrogens (tertiary/aromatic N) is 2. The predicted octanol–water partition coefficient (Wildman–Crippen LogP) is 1.36. The topological polar surface area (TPSA) is 74.9 Å². The normalized spacial score (nSPS) is 23.5. The van der Waals surface area contributed by atoms with Gasteiger partial charge in [0.1, 0.15) is 5.75 Å². The molecule has 2 saturated heterocycles. The third-order valence-corrected chi connectivity index (χ3v) is 5.45. The Kier molecular flexibility index (Phi) is 4.88. The van der Waals surface area contributed by atoms with Gasteiger partial charge in [0.25, 0.3) is 5.56 Å². The van der Waals surface area contributed by atoms with Gasteiger partial charge in [0.15, 0.2) is 0 Å². The van der Waals surface area contributed by atoms with Crippen LogP contribution in [0.5, 0.6) is 5.75 Å². The maximum atomic E-state index is 12.5. The maximum Gasteiger partial charge on any atom is 0.252 e. The lowest BCUT2D eigenvalue weighted by atomic mass is 10.1. The van der Waals surface area contributed by atoms with Gasteiger partial charge in [0.05, 0.1) is 31.8 Å². The van der Waals surface area contributed by atoms with Crippen LogP contribution in [0.3, 0.4) is 0 Å². The highest BCUT2D eigenvalue weighted by atomic mass is 16.5. The molecular weight excluding hydrogens is 346 g/mol. The molecule has 3 heterocycles. The van der Waals surface area contributed by atoms with E-state index in [1.54, 1.807) is 4.90 Å². The molecule has 7 heteroatoms. The maximum absolute atomic E-state index is 12.5. The molecule has 1 amide bonds. The van der Waals surface area contributed by atoms with Gasteiger partial charge in [0.2, 0.25) is 5.91 Å². The number of likely N-dealkylation sites (N-methyl/N-ethyl adjacent to an activating group) is 1. The monoisotopic (exact) mass is 371 g/mol. The number of rotatable bonds is 4. The van der Waals surface area contributed by atoms with Crippen molar-refractivity contribution >= 4 is 16.8 Å². The molecule has 0 spiro atoms. The Morgan fingerprint density at radius 1 is 1.26 bits per heavy atom. The minimum Gasteiger partial charge on any atom is -0.494 e. The van der Waals surface area contributed by atoms with Gasteiger partial charge < -0.3 is 19.4 Å². The summed E-state index contributed by atoms with van der Waals surface area (Å²) >= 11 is 0. The average Bonchev–Trinajstić information content (AvgIpc) is 2.99. The Bertz CT molecular complexity index is 910. The number of H-pyrrole nitrogens is 1. The number of amides is 1. The van der Waals surface area contributed by atoms with E-state index in [1.807, 2.05) is 38.2 Å². The lowest BCUT2D eigenvalue weighted by Crippen LogP contribution is -2.42. The van der Waals surface area contributed by atoms with E-state index in [0.29, 0.717) is 38.3 Å². The van der Waals surface area contributed by atoms with E-state index in [4.69, 9.17) is 9.47 Å². The Morgan fingerprint density at radius 3 is 2.93 bits per heavy atom. The second kappa shape index (κ2) is 7.32. The molecule has 0 unspecified atom stereocenters. The van der Waals surface area contributed by atoms with Crippen LogP contribution in [0.2, 0.25) is 0 Å². The molecule has 0 bridgehead atoms. The number of pyridine rings is 1. The van der Waals surface area contributed by atoms with Gasteiger partial charge in [-0.2, -0.15) is 0 Å². The van der Waals surface area contributed by atoms with Crippen molar-refractivity contribution in [1.29, 1.82) is 0 Å². The molecule has 1 N–H and O–H groups in total. The van der Waals surface area contributed by atoms with Crippen molar-refractivity contribution in [3.05, 3.63) is 40.2 Å². The summed E-state index contributed by atoms with van der Waals surface area (Å²) in [6.45, 7) is 4.98. The minimum atomic E-state index is -0.0795. The lowest BCUT2D eigenvalue weighted by molar-refractivity contribution is -0.131. The molecule has 0 aliphatic carbocycles. The highest BCUT2D eigenvalue weighted by Crippen LogP contribution is 2.24. The molecule has 2 atom stereocenters. The number of likely N-dealkylation sites (tertiary alicyclic amines) is 1. The van der Waals surface area contributed by atoms with E-state index in [9.17, 15) is 9.59 Å². The molecule has 1 aromatic heterocycles. The van der Waals surface area contributed by atoms with Gasteiger partial charge in [-0.15, -0.1) is 0 Å². The summed E-state index contributed by atoms with van der Waals surface area (Å²) in [5, 5.41) is 0.951. The van der Waals surface area contributed by atoms with Crippen LogP contribution >= 0.6 is 0 Å². The van der Waals surface area contributed by atoms with Gasteiger partial charge in [0, 0.05) is 43.1 Å². The van der Waals surface area contributed by atoms with Crippen molar-refractivity contribution in [1.82, 2.24) is 14.8 Å². The van der Waals surface area contributed by atoms with Crippen LogP contribution in [0.1, 0.15) is 18.9 Å². The van der Waals surface area contributed by atoms with Gasteiger partial charge in [-0.3, -0.25) is 14.5 Å². The fraction of sp³-hybridized carbons (Fsp3) is 0.500. The number of benzene rings is 1. The molecule has 2 aliphatic heterocycles. The van der Waals surface area contributed by atoms with Crippen molar-refractivity contribution in [2.45, 2.75) is 32.0 Å². The first-order chi connectivity index (χ1) is 13.0. The number of carbonyl (C=O) groups is 1. The van der Waals surface area contributed by atoms with Crippen LogP contribution in [-0.2, 0) is 16.1 Å². The smallest absolute Gasteiger partial charge is 0.252 e. The molecule has 4 rings (SSSR count). The summed E-state index contributed by atoms with van der Waals surface area (Å²) in [5.41, 5.74) is 1.43. The third-order valence-electron chi connectivity index (χ3n) is 5.45. The SMILES string of the molecule is CCOc1ccc2[nH]c(=O)c(CN3C[C@@H]4OCCC(=O)N(C)[C@H]4C3)cc2c1. The zero-order valence-corrected chi connectivity index (χ0v) is 15.7. The number of aromatic amines is 1. The van der Waals surface area contributed by atoms with Gasteiger partial charge in [-0.05, 0) is 31.2 Å². The molecule has 27 heavy (non-hydrogen) atoms. The van der Waals surface area contributed by atoms with Crippen molar-refractivity contribution in [3.63, 3.8) is 0 Å². The van der Waals surface area contributed by atoms with E-state index in [-0.39, 0.29) is 23.6 Å². The van der Waals surface area contributed by atoms with Crippen LogP contribution in [0, 0.1) is 0 Å². The summed E-state index contributed by atoms with van der Waals surface area (Å²) in [4.78, 5) is 31.5. The predicted molar refractivity (Wildman–Crippen MR) is 102 cm³/mol. The number of carbonyl (C=O) groups excluding carboxylic acids is 1. The van der Waals surface area contributed by atoms with Crippen LogP contribution in [0.15, 0.2) is 29.1 Å². The molecule has 2 aliphatic rings. The van der Waals surface area contributed by atoms with E-state index >= 15 is 0 Å². The fourth-order valence-corrected chi connectivity index (χ4v) is 4.00. The molecule has 2 fully saturated rings. The molecular formula is C20H25N3O4. The van der Waals surface area contributed by atoms with Crippen molar-refractivity contribution in [2.75, 3.05) is 33.4 Å². The van der Waals surface area contributed by atoms with Gasteiger partial charge in [-0.1, -0.05) is 0 Å². The Morgan fingerprint density at radius 2 is 2.11 bits per heavy atom. The number of hydrogen-bond acceptors (Lipinski definition) is 5. The summed E-state index contributed by atoms with van der Waals surface area (Å²) in [6.07, 6.45) is 0.446. The van der Waals surface area contributed by atoms with E-state index in [2.05, 4.69) is 9.88 Å². The quantitative estimate of drug-likeness (QED) is 0.878. The number of ether oxygens (including phenoxy) is 2. The fourth-order valence-electron chi connectivity index (χ4n) is 4.00. The molecule has 144 valence electrons. The zero-order chi connectivity index (χ0) is 19.0. The molecule has 2 aromatic rings. The van der Waals surface area contributed by atoms with Crippen LogP contribution in [0.4, 0.5) is 0 Å². The number of fused-ring (bicyclic) bond motifs is 2. The molecule has 7 nitrogen and oxygen atoms in total. The van der Waals surface area contributed by atoms with Gasteiger partial charge in [-0.25, -0.2) is 0 Å². The Balaban J connectivity index is 1.55. The van der Waals surface area contributed by atoms with Crippen molar-refractivity contribution in [2.24, 2.45) is 0 Å². The van der Waals surface area contributed by atoms with E-state index in [1.165, 1.54) is 0 Å². The Labute approximate surface area is 157 Å². The van der Waals surface area contributed by atoms with Crippen molar-refractivity contribution in [3.8, 4) is 5.75 Å². The van der Waals surface area contributed by atoms with Gasteiger partial charge >= 0.3 is 0 Å². The summed E-state index contributed by atoms with van der Waals surface area (Å²) in [5.74, 6) is 0.913. The number of hydrogen-bond donors (Lipinski definition) is 1. The summed E-state index contributed by atoms with van der Waals surface area (Å²) < 4.78 is 11.4. The number of nitrogens with one attached hydrogen (secondary N) is 1. The zero-order valence-electron chi connectivity index (χ0n) is 15.7. The number of aromatic nitrogens is 1. The standard InChI is InChI=1S/C20H25N3O4/c1-3-26-15-4-5-16-13(9-15)8-14(20(25)21-16)10-23-11-17-18(12-23)27-7-6-19(24)22(17)2/h4-5,8-9,17-18H,3,6-7,10-12H2,1-2H3,(H,21,25)/t17-,18-/m0/s1. The summed E-state index contributed by atoms with van der Waals surface area (Å²) in [6, 6.07) is 7.65. The van der Waals surface area contributed by atoms with E-state index in [0.717, 1.165) is 23.2 Å². The van der Waals surface area contributed by atoms with Crippen LogP contribution in [0.25, 0.3) is 10.9 Å². The lowest BCUT2D eigenvalue weighted by Gasteiger charge is -2.25. The molecule has 0 saturated carbocycles.